The van der Waals surface area contributed by atoms with Crippen LogP contribution < -0.4 is 4.74 Å². The summed E-state index contributed by atoms with van der Waals surface area (Å²) in [7, 11) is 4.04. The van der Waals surface area contributed by atoms with Gasteiger partial charge < -0.3 is 9.64 Å². The van der Waals surface area contributed by atoms with Crippen molar-refractivity contribution in [3.05, 3.63) is 47.5 Å². The van der Waals surface area contributed by atoms with Crippen LogP contribution in [0, 0.1) is 6.92 Å². The van der Waals surface area contributed by atoms with Crippen molar-refractivity contribution in [1.29, 1.82) is 0 Å². The third kappa shape index (κ3) is 3.70. The molecule has 27 heavy (non-hydrogen) atoms. The number of fused-ring (bicyclic) bond motifs is 1. The van der Waals surface area contributed by atoms with E-state index in [2.05, 4.69) is 33.1 Å². The lowest BCUT2D eigenvalue weighted by atomic mass is 10.2. The fourth-order valence-electron chi connectivity index (χ4n) is 2.83. The highest BCUT2D eigenvalue weighted by atomic mass is 32.1. The second kappa shape index (κ2) is 7.46. The van der Waals surface area contributed by atoms with Gasteiger partial charge in [0.05, 0.1) is 11.2 Å². The minimum absolute atomic E-state index is 0.617. The molecular weight excluding hydrogens is 358 g/mol. The first-order chi connectivity index (χ1) is 13.1. The smallest absolute Gasteiger partial charge is 0.213 e. The Labute approximate surface area is 161 Å². The van der Waals surface area contributed by atoms with Crippen molar-refractivity contribution in [1.82, 2.24) is 25.1 Å². The number of aryl methyl sites for hydroxylation is 1. The van der Waals surface area contributed by atoms with Gasteiger partial charge in [0.25, 0.3) is 0 Å². The zero-order valence-corrected chi connectivity index (χ0v) is 16.4. The molecule has 0 atom stereocenters. The molecule has 0 aliphatic heterocycles. The second-order valence-electron chi connectivity index (χ2n) is 6.58. The van der Waals surface area contributed by atoms with Crippen molar-refractivity contribution in [3.63, 3.8) is 0 Å². The maximum absolute atomic E-state index is 5.67. The van der Waals surface area contributed by atoms with Crippen molar-refractivity contribution in [2.75, 3.05) is 27.2 Å². The number of rotatable bonds is 6. The summed E-state index contributed by atoms with van der Waals surface area (Å²) in [5.41, 5.74) is 3.83. The molecule has 138 valence electrons. The lowest BCUT2D eigenvalue weighted by molar-refractivity contribution is 0.254. The van der Waals surface area contributed by atoms with Crippen LogP contribution in [0.2, 0.25) is 0 Å². The Hall–Kier alpha value is -2.77. The largest absolute Gasteiger partial charge is 0.476 e. The van der Waals surface area contributed by atoms with E-state index in [-0.39, 0.29) is 0 Å². The number of aromatic amines is 1. The van der Waals surface area contributed by atoms with E-state index in [0.717, 1.165) is 44.3 Å². The standard InChI is InChI=1S/C20H21N5OS/c1-13-18(14-8-9-17(21-12-14)26-11-10-25(2)3)22-20(27-13)19-15-6-4-5-7-16(15)23-24-19/h4-9,12H,10-11H2,1-3H3,(H,23,24). The topological polar surface area (TPSA) is 66.9 Å². The summed E-state index contributed by atoms with van der Waals surface area (Å²) in [5.74, 6) is 0.631. The van der Waals surface area contributed by atoms with Gasteiger partial charge in [-0.2, -0.15) is 5.10 Å². The van der Waals surface area contributed by atoms with Crippen molar-refractivity contribution in [2.24, 2.45) is 0 Å². The van der Waals surface area contributed by atoms with E-state index < -0.39 is 0 Å². The summed E-state index contributed by atoms with van der Waals surface area (Å²) in [4.78, 5) is 12.5. The van der Waals surface area contributed by atoms with Crippen LogP contribution in [0.3, 0.4) is 0 Å². The van der Waals surface area contributed by atoms with Crippen LogP contribution in [-0.4, -0.2) is 52.3 Å². The molecule has 6 nitrogen and oxygen atoms in total. The number of nitrogens with zero attached hydrogens (tertiary/aromatic N) is 4. The summed E-state index contributed by atoms with van der Waals surface area (Å²) in [6, 6.07) is 12.0. The zero-order chi connectivity index (χ0) is 18.8. The van der Waals surface area contributed by atoms with Crippen molar-refractivity contribution in [2.45, 2.75) is 6.92 Å². The molecule has 1 N–H and O–H groups in total. The van der Waals surface area contributed by atoms with Crippen LogP contribution in [-0.2, 0) is 0 Å². The van der Waals surface area contributed by atoms with Gasteiger partial charge in [0.2, 0.25) is 5.88 Å². The molecule has 7 heteroatoms. The van der Waals surface area contributed by atoms with Gasteiger partial charge in [0, 0.05) is 34.6 Å². The van der Waals surface area contributed by atoms with Crippen molar-refractivity contribution < 1.29 is 4.74 Å². The van der Waals surface area contributed by atoms with Gasteiger partial charge in [-0.15, -0.1) is 11.3 Å². The van der Waals surface area contributed by atoms with Gasteiger partial charge in [0.15, 0.2) is 0 Å². The van der Waals surface area contributed by atoms with Gasteiger partial charge in [-0.25, -0.2) is 9.97 Å². The third-order valence-electron chi connectivity index (χ3n) is 4.27. The number of benzene rings is 1. The Morgan fingerprint density at radius 2 is 1.96 bits per heavy atom. The number of ether oxygens (including phenoxy) is 1. The Morgan fingerprint density at radius 3 is 2.74 bits per heavy atom. The predicted octanol–water partition coefficient (Wildman–Crippen LogP) is 4.00. The van der Waals surface area contributed by atoms with Gasteiger partial charge in [-0.1, -0.05) is 18.2 Å². The molecule has 0 fully saturated rings. The number of thiazole rings is 1. The molecule has 4 rings (SSSR count). The lowest BCUT2D eigenvalue weighted by Gasteiger charge is -2.10. The second-order valence-corrected chi connectivity index (χ2v) is 7.78. The van der Waals surface area contributed by atoms with E-state index in [1.165, 1.54) is 0 Å². The Balaban J connectivity index is 1.58. The average Bonchev–Trinajstić information content (AvgIpc) is 3.25. The molecule has 0 saturated carbocycles. The van der Waals surface area contributed by atoms with Gasteiger partial charge in [-0.3, -0.25) is 5.10 Å². The first kappa shape index (κ1) is 17.6. The van der Waals surface area contributed by atoms with E-state index in [0.29, 0.717) is 12.5 Å². The number of para-hydroxylation sites is 1. The first-order valence-corrected chi connectivity index (χ1v) is 9.58. The SMILES string of the molecule is Cc1sc(-c2n[nH]c3ccccc23)nc1-c1ccc(OCCN(C)C)nc1. The minimum atomic E-state index is 0.617. The maximum atomic E-state index is 5.67. The van der Waals surface area contributed by atoms with E-state index in [1.54, 1.807) is 11.3 Å². The molecule has 3 heterocycles. The molecule has 4 aromatic rings. The van der Waals surface area contributed by atoms with Crippen LogP contribution >= 0.6 is 11.3 Å². The van der Waals surface area contributed by atoms with Crippen LogP contribution in [0.5, 0.6) is 5.88 Å². The molecule has 0 bridgehead atoms. The van der Waals surface area contributed by atoms with E-state index in [1.807, 2.05) is 50.6 Å². The number of hydrogen-bond donors (Lipinski definition) is 1. The number of nitrogens with one attached hydrogen (secondary N) is 1. The van der Waals surface area contributed by atoms with Crippen LogP contribution in [0.25, 0.3) is 32.9 Å². The fourth-order valence-corrected chi connectivity index (χ4v) is 3.77. The quantitative estimate of drug-likeness (QED) is 0.548. The molecule has 3 aromatic heterocycles. The van der Waals surface area contributed by atoms with Crippen LogP contribution in [0.1, 0.15) is 4.88 Å². The summed E-state index contributed by atoms with van der Waals surface area (Å²) >= 11 is 1.64. The van der Waals surface area contributed by atoms with Crippen molar-refractivity contribution in [3.8, 4) is 27.8 Å². The van der Waals surface area contributed by atoms with E-state index >= 15 is 0 Å². The normalized spacial score (nSPS) is 11.4. The summed E-state index contributed by atoms with van der Waals surface area (Å²) < 4.78 is 5.67. The summed E-state index contributed by atoms with van der Waals surface area (Å²) in [5, 5.41) is 9.53. The average molecular weight is 379 g/mol. The number of pyridine rings is 1. The molecule has 0 saturated heterocycles. The molecule has 0 radical (unpaired) electrons. The maximum Gasteiger partial charge on any atom is 0.213 e. The van der Waals surface area contributed by atoms with Gasteiger partial charge in [-0.05, 0) is 33.2 Å². The number of likely N-dealkylation sites (N-methyl/N-ethyl adjacent to an activating group) is 1. The number of hydrogen-bond acceptors (Lipinski definition) is 6. The molecule has 0 unspecified atom stereocenters. The van der Waals surface area contributed by atoms with E-state index in [9.17, 15) is 0 Å². The molecule has 1 aromatic carbocycles. The Bertz CT molecular complexity index is 1050. The third-order valence-corrected chi connectivity index (χ3v) is 5.25. The van der Waals surface area contributed by atoms with E-state index in [4.69, 9.17) is 9.72 Å². The first-order valence-electron chi connectivity index (χ1n) is 8.76. The zero-order valence-electron chi connectivity index (χ0n) is 15.6. The highest BCUT2D eigenvalue weighted by Gasteiger charge is 2.16. The molecular formula is C20H21N5OS. The summed E-state index contributed by atoms with van der Waals surface area (Å²) in [6.07, 6.45) is 1.82. The monoisotopic (exact) mass is 379 g/mol. The molecule has 0 amide bonds. The van der Waals surface area contributed by atoms with Gasteiger partial charge >= 0.3 is 0 Å². The molecule has 0 aliphatic rings. The van der Waals surface area contributed by atoms with Gasteiger partial charge in [0.1, 0.15) is 17.3 Å². The minimum Gasteiger partial charge on any atom is -0.476 e. The lowest BCUT2D eigenvalue weighted by Crippen LogP contribution is -2.19. The Kier molecular flexibility index (Phi) is 4.87. The highest BCUT2D eigenvalue weighted by Crippen LogP contribution is 2.35. The summed E-state index contributed by atoms with van der Waals surface area (Å²) in [6.45, 7) is 3.55. The molecule has 0 spiro atoms. The molecule has 0 aliphatic carbocycles. The highest BCUT2D eigenvalue weighted by molar-refractivity contribution is 7.15. The number of H-pyrrole nitrogens is 1. The fraction of sp³-hybridized carbons (Fsp3) is 0.250. The van der Waals surface area contributed by atoms with Crippen molar-refractivity contribution >= 4 is 22.2 Å². The Morgan fingerprint density at radius 1 is 1.11 bits per heavy atom. The number of aromatic nitrogens is 4. The van der Waals surface area contributed by atoms with Crippen LogP contribution in [0.4, 0.5) is 0 Å². The van der Waals surface area contributed by atoms with Crippen LogP contribution in [0.15, 0.2) is 42.6 Å². The predicted molar refractivity (Wildman–Crippen MR) is 109 cm³/mol.